The molecule has 0 bridgehead atoms. The minimum absolute atomic E-state index is 0.0222. The van der Waals surface area contributed by atoms with Gasteiger partial charge in [0, 0.05) is 0 Å². The zero-order valence-electron chi connectivity index (χ0n) is 6.61. The predicted octanol–water partition coefficient (Wildman–Crippen LogP) is 3.42. The highest BCUT2D eigenvalue weighted by molar-refractivity contribution is 14.1. The number of alkyl halides is 1. The largest absolute Gasteiger partial charge is 0.360 e. The molecule has 1 heterocycles. The second-order valence-electron chi connectivity index (χ2n) is 2.87. The van der Waals surface area contributed by atoms with Crippen LogP contribution in [-0.4, -0.2) is 5.16 Å². The lowest BCUT2D eigenvalue weighted by Crippen LogP contribution is -2.07. The fraction of sp³-hybridized carbons (Fsp3) is 0.571. The molecule has 0 radical (unpaired) electrons. The van der Waals surface area contributed by atoms with Gasteiger partial charge >= 0.3 is 0 Å². The number of halogens is 2. The normalized spacial score (nSPS) is 12.1. The number of hydrogen-bond donors (Lipinski definition) is 0. The van der Waals surface area contributed by atoms with Gasteiger partial charge in [0.2, 0.25) is 0 Å². The van der Waals surface area contributed by atoms with Crippen LogP contribution >= 0.6 is 38.5 Å². The van der Waals surface area contributed by atoms with E-state index >= 15 is 0 Å². The maximum atomic E-state index is 5.02. The molecule has 0 saturated heterocycles. The van der Waals surface area contributed by atoms with Gasteiger partial charge in [-0.2, -0.15) is 0 Å². The van der Waals surface area contributed by atoms with Crippen LogP contribution in [0.4, 0.5) is 0 Å². The van der Waals surface area contributed by atoms with Crippen LogP contribution in [0.5, 0.6) is 0 Å². The summed E-state index contributed by atoms with van der Waals surface area (Å²) in [6.45, 7) is 6.08. The van der Waals surface area contributed by atoms with Crippen molar-refractivity contribution in [3.05, 3.63) is 15.9 Å². The Labute approximate surface area is 88.0 Å². The van der Waals surface area contributed by atoms with Crippen molar-refractivity contribution in [3.63, 3.8) is 0 Å². The van der Waals surface area contributed by atoms with Crippen LogP contribution in [0, 0.1) is 6.92 Å². The van der Waals surface area contributed by atoms with Crippen LogP contribution in [0.15, 0.2) is 9.00 Å². The van der Waals surface area contributed by atoms with Gasteiger partial charge in [-0.1, -0.05) is 27.7 Å². The van der Waals surface area contributed by atoms with Crippen LogP contribution in [0.25, 0.3) is 0 Å². The van der Waals surface area contributed by atoms with E-state index in [0.29, 0.717) is 0 Å². The Kier molecular flexibility index (Phi) is 2.63. The molecule has 0 atom stereocenters. The number of hydrogen-bond acceptors (Lipinski definition) is 2. The Morgan fingerprint density at radius 2 is 2.09 bits per heavy atom. The molecular weight excluding hydrogens is 321 g/mol. The fourth-order valence-corrected chi connectivity index (χ4v) is 2.11. The van der Waals surface area contributed by atoms with Gasteiger partial charge in [-0.25, -0.2) is 0 Å². The first-order chi connectivity index (χ1) is 4.93. The zero-order chi connectivity index (χ0) is 8.65. The molecule has 1 aromatic rings. The van der Waals surface area contributed by atoms with Crippen molar-refractivity contribution in [2.24, 2.45) is 0 Å². The smallest absolute Gasteiger partial charge is 0.148 e. The molecule has 0 amide bonds. The summed E-state index contributed by atoms with van der Waals surface area (Å²) < 4.78 is 6.03. The molecule has 0 aliphatic heterocycles. The zero-order valence-corrected chi connectivity index (χ0v) is 10.4. The minimum atomic E-state index is 0.0222. The lowest BCUT2D eigenvalue weighted by atomic mass is 10.1. The maximum absolute atomic E-state index is 5.02. The summed E-state index contributed by atoms with van der Waals surface area (Å²) >= 11 is 5.75. The average molecular weight is 330 g/mol. The third kappa shape index (κ3) is 1.96. The van der Waals surface area contributed by atoms with E-state index in [9.17, 15) is 0 Å². The monoisotopic (exact) mass is 329 g/mol. The maximum Gasteiger partial charge on any atom is 0.148 e. The predicted molar refractivity (Wildman–Crippen MR) is 56.0 cm³/mol. The molecule has 0 aliphatic rings. The van der Waals surface area contributed by atoms with Gasteiger partial charge in [0.15, 0.2) is 0 Å². The summed E-state index contributed by atoms with van der Waals surface area (Å²) in [5.74, 6) is 0.838. The molecule has 1 aromatic heterocycles. The molecule has 0 saturated carbocycles. The highest BCUT2D eigenvalue weighted by atomic mass is 127. The Morgan fingerprint density at radius 1 is 1.55 bits per heavy atom. The van der Waals surface area contributed by atoms with Crippen molar-refractivity contribution < 1.29 is 4.52 Å². The molecule has 62 valence electrons. The molecule has 0 unspecified atom stereocenters. The number of aryl methyl sites for hydroxylation is 1. The van der Waals surface area contributed by atoms with E-state index in [0.717, 1.165) is 15.9 Å². The van der Waals surface area contributed by atoms with Crippen LogP contribution in [-0.2, 0) is 3.42 Å². The Balaban J connectivity index is 3.15. The summed E-state index contributed by atoms with van der Waals surface area (Å²) in [5.41, 5.74) is 0.968. The molecule has 1 rings (SSSR count). The highest BCUT2D eigenvalue weighted by Crippen LogP contribution is 2.35. The second kappa shape index (κ2) is 3.05. The topological polar surface area (TPSA) is 26.0 Å². The fourth-order valence-electron chi connectivity index (χ4n) is 0.731. The van der Waals surface area contributed by atoms with E-state index in [2.05, 4.69) is 57.5 Å². The Morgan fingerprint density at radius 3 is 2.27 bits per heavy atom. The molecule has 0 aromatic carbocycles. The van der Waals surface area contributed by atoms with E-state index in [1.54, 1.807) is 0 Å². The molecule has 2 nitrogen and oxygen atoms in total. The minimum Gasteiger partial charge on any atom is -0.360 e. The standard InChI is InChI=1S/C7H9BrINO/c1-4-5(8)6(10-11-4)7(2,3)9/h1-3H3. The molecule has 0 fully saturated rings. The van der Waals surface area contributed by atoms with Gasteiger partial charge in [-0.3, -0.25) is 0 Å². The van der Waals surface area contributed by atoms with Gasteiger partial charge in [-0.05, 0) is 36.7 Å². The van der Waals surface area contributed by atoms with Crippen molar-refractivity contribution in [1.82, 2.24) is 5.16 Å². The van der Waals surface area contributed by atoms with Crippen molar-refractivity contribution in [3.8, 4) is 0 Å². The van der Waals surface area contributed by atoms with E-state index in [1.165, 1.54) is 0 Å². The summed E-state index contributed by atoms with van der Waals surface area (Å²) in [6, 6.07) is 0. The third-order valence-electron chi connectivity index (χ3n) is 1.35. The van der Waals surface area contributed by atoms with E-state index in [4.69, 9.17) is 4.52 Å². The molecule has 0 aliphatic carbocycles. The lowest BCUT2D eigenvalue weighted by molar-refractivity contribution is 0.386. The SMILES string of the molecule is Cc1onc(C(C)(C)I)c1Br. The highest BCUT2D eigenvalue weighted by Gasteiger charge is 2.24. The van der Waals surface area contributed by atoms with Gasteiger partial charge in [0.1, 0.15) is 11.5 Å². The quantitative estimate of drug-likeness (QED) is 0.583. The molecule has 0 N–H and O–H groups in total. The summed E-state index contributed by atoms with van der Waals surface area (Å²) in [6.07, 6.45) is 0. The van der Waals surface area contributed by atoms with Crippen LogP contribution in [0.3, 0.4) is 0 Å². The first-order valence-corrected chi connectivity index (χ1v) is 5.11. The Bertz CT molecular complexity index is 264. The van der Waals surface area contributed by atoms with E-state index < -0.39 is 0 Å². The van der Waals surface area contributed by atoms with Crippen LogP contribution < -0.4 is 0 Å². The molecule has 11 heavy (non-hydrogen) atoms. The van der Waals surface area contributed by atoms with Crippen molar-refractivity contribution in [2.45, 2.75) is 24.2 Å². The number of aromatic nitrogens is 1. The summed E-state index contributed by atoms with van der Waals surface area (Å²) in [7, 11) is 0. The van der Waals surface area contributed by atoms with Crippen molar-refractivity contribution in [1.29, 1.82) is 0 Å². The first kappa shape index (κ1) is 9.51. The third-order valence-corrected chi connectivity index (χ3v) is 2.80. The Hall–Kier alpha value is 0.420. The molecule has 0 spiro atoms. The number of nitrogens with zero attached hydrogens (tertiary/aromatic N) is 1. The molecular formula is C7H9BrINO. The van der Waals surface area contributed by atoms with Crippen LogP contribution in [0.2, 0.25) is 0 Å². The van der Waals surface area contributed by atoms with E-state index in [-0.39, 0.29) is 3.42 Å². The van der Waals surface area contributed by atoms with Gasteiger partial charge < -0.3 is 4.52 Å². The second-order valence-corrected chi connectivity index (χ2v) is 6.36. The summed E-state index contributed by atoms with van der Waals surface area (Å²) in [5, 5.41) is 3.96. The van der Waals surface area contributed by atoms with Crippen molar-refractivity contribution in [2.75, 3.05) is 0 Å². The van der Waals surface area contributed by atoms with E-state index in [1.807, 2.05) is 6.92 Å². The lowest BCUT2D eigenvalue weighted by Gasteiger charge is -2.11. The summed E-state index contributed by atoms with van der Waals surface area (Å²) in [4.78, 5) is 0. The van der Waals surface area contributed by atoms with Crippen molar-refractivity contribution >= 4 is 38.5 Å². The van der Waals surface area contributed by atoms with Gasteiger partial charge in [0.05, 0.1) is 7.89 Å². The van der Waals surface area contributed by atoms with Gasteiger partial charge in [-0.15, -0.1) is 0 Å². The van der Waals surface area contributed by atoms with Gasteiger partial charge in [0.25, 0.3) is 0 Å². The number of rotatable bonds is 1. The van der Waals surface area contributed by atoms with Crippen LogP contribution in [0.1, 0.15) is 25.3 Å². The average Bonchev–Trinajstić information content (AvgIpc) is 2.11. The molecule has 4 heteroatoms. The first-order valence-electron chi connectivity index (χ1n) is 3.24.